The number of benzene rings is 1. The van der Waals surface area contributed by atoms with Crippen molar-refractivity contribution >= 4 is 21.6 Å². The SMILES string of the molecule is CC(N)c1cc(Br)ccc1N(C)CC1CCC1. The Kier molecular flexibility index (Phi) is 4.10. The standard InChI is InChI=1S/C14H21BrN2/c1-10(16)13-8-12(15)6-7-14(13)17(2)9-11-4-3-5-11/h6-8,10-11H,3-5,9,16H2,1-2H3. The van der Waals surface area contributed by atoms with Gasteiger partial charge in [-0.25, -0.2) is 0 Å². The van der Waals surface area contributed by atoms with E-state index in [1.807, 2.05) is 6.92 Å². The Morgan fingerprint density at radius 2 is 2.18 bits per heavy atom. The summed E-state index contributed by atoms with van der Waals surface area (Å²) >= 11 is 3.52. The Morgan fingerprint density at radius 1 is 1.47 bits per heavy atom. The number of hydrogen-bond donors (Lipinski definition) is 1. The van der Waals surface area contributed by atoms with Gasteiger partial charge in [-0.1, -0.05) is 22.4 Å². The van der Waals surface area contributed by atoms with Gasteiger partial charge in [0, 0.05) is 29.8 Å². The molecule has 1 unspecified atom stereocenters. The van der Waals surface area contributed by atoms with Crippen LogP contribution in [0.1, 0.15) is 37.8 Å². The zero-order valence-corrected chi connectivity index (χ0v) is 12.2. The van der Waals surface area contributed by atoms with E-state index < -0.39 is 0 Å². The molecule has 1 atom stereocenters. The van der Waals surface area contributed by atoms with Gasteiger partial charge in [0.05, 0.1) is 0 Å². The molecule has 3 heteroatoms. The Bertz CT molecular complexity index is 386. The smallest absolute Gasteiger partial charge is 0.0412 e. The van der Waals surface area contributed by atoms with Gasteiger partial charge in [-0.2, -0.15) is 0 Å². The highest BCUT2D eigenvalue weighted by molar-refractivity contribution is 9.10. The summed E-state index contributed by atoms with van der Waals surface area (Å²) in [7, 11) is 2.17. The number of halogens is 1. The van der Waals surface area contributed by atoms with Gasteiger partial charge in [-0.05, 0) is 49.4 Å². The molecule has 0 heterocycles. The van der Waals surface area contributed by atoms with Gasteiger partial charge in [0.15, 0.2) is 0 Å². The second-order valence-electron chi connectivity index (χ2n) is 5.17. The average Bonchev–Trinajstić information content (AvgIpc) is 2.23. The van der Waals surface area contributed by atoms with Crippen molar-refractivity contribution in [1.82, 2.24) is 0 Å². The van der Waals surface area contributed by atoms with Crippen molar-refractivity contribution in [2.24, 2.45) is 11.7 Å². The minimum atomic E-state index is 0.0753. The Hall–Kier alpha value is -0.540. The quantitative estimate of drug-likeness (QED) is 0.918. The minimum absolute atomic E-state index is 0.0753. The van der Waals surface area contributed by atoms with E-state index in [0.717, 1.165) is 16.9 Å². The highest BCUT2D eigenvalue weighted by atomic mass is 79.9. The maximum absolute atomic E-state index is 6.05. The van der Waals surface area contributed by atoms with Gasteiger partial charge in [0.1, 0.15) is 0 Å². The lowest BCUT2D eigenvalue weighted by atomic mass is 9.85. The fourth-order valence-electron chi connectivity index (χ4n) is 2.40. The maximum Gasteiger partial charge on any atom is 0.0412 e. The highest BCUT2D eigenvalue weighted by Gasteiger charge is 2.20. The van der Waals surface area contributed by atoms with Crippen LogP contribution >= 0.6 is 15.9 Å². The van der Waals surface area contributed by atoms with Gasteiger partial charge in [-0.3, -0.25) is 0 Å². The topological polar surface area (TPSA) is 29.3 Å². The molecule has 2 rings (SSSR count). The Balaban J connectivity index is 2.17. The Labute approximate surface area is 112 Å². The molecule has 0 saturated heterocycles. The molecule has 1 aliphatic carbocycles. The lowest BCUT2D eigenvalue weighted by molar-refractivity contribution is 0.321. The van der Waals surface area contributed by atoms with Gasteiger partial charge in [-0.15, -0.1) is 0 Å². The van der Waals surface area contributed by atoms with E-state index >= 15 is 0 Å². The van der Waals surface area contributed by atoms with Crippen molar-refractivity contribution < 1.29 is 0 Å². The van der Waals surface area contributed by atoms with Crippen LogP contribution in [0.4, 0.5) is 5.69 Å². The van der Waals surface area contributed by atoms with Crippen molar-refractivity contribution in [3.8, 4) is 0 Å². The van der Waals surface area contributed by atoms with Gasteiger partial charge < -0.3 is 10.6 Å². The molecule has 0 aromatic heterocycles. The molecule has 2 nitrogen and oxygen atoms in total. The molecule has 1 fully saturated rings. The van der Waals surface area contributed by atoms with Crippen LogP contribution in [0.3, 0.4) is 0 Å². The largest absolute Gasteiger partial charge is 0.374 e. The third kappa shape index (κ3) is 3.02. The molecule has 0 aliphatic heterocycles. The van der Waals surface area contributed by atoms with E-state index in [0.29, 0.717) is 0 Å². The normalized spacial score (nSPS) is 17.6. The van der Waals surface area contributed by atoms with E-state index in [1.165, 1.54) is 30.5 Å². The highest BCUT2D eigenvalue weighted by Crippen LogP contribution is 2.32. The van der Waals surface area contributed by atoms with E-state index in [9.17, 15) is 0 Å². The monoisotopic (exact) mass is 296 g/mol. The molecule has 0 radical (unpaired) electrons. The molecule has 1 aliphatic rings. The molecular formula is C14H21BrN2. The summed E-state index contributed by atoms with van der Waals surface area (Å²) in [6.07, 6.45) is 4.17. The molecule has 0 amide bonds. The lowest BCUT2D eigenvalue weighted by Crippen LogP contribution is -2.30. The van der Waals surface area contributed by atoms with Crippen LogP contribution in [0, 0.1) is 5.92 Å². The molecule has 1 aromatic carbocycles. The summed E-state index contributed by atoms with van der Waals surface area (Å²) in [4.78, 5) is 2.36. The van der Waals surface area contributed by atoms with Crippen LogP contribution in [0.5, 0.6) is 0 Å². The fraction of sp³-hybridized carbons (Fsp3) is 0.571. The summed E-state index contributed by atoms with van der Waals surface area (Å²) in [5.74, 6) is 0.879. The molecule has 0 bridgehead atoms. The first-order valence-corrected chi connectivity index (χ1v) is 7.13. The van der Waals surface area contributed by atoms with E-state index in [2.05, 4.69) is 46.1 Å². The zero-order chi connectivity index (χ0) is 12.4. The third-order valence-electron chi connectivity index (χ3n) is 3.65. The summed E-state index contributed by atoms with van der Waals surface area (Å²) in [6, 6.07) is 6.48. The first-order valence-electron chi connectivity index (χ1n) is 6.34. The van der Waals surface area contributed by atoms with Crippen LogP contribution in [-0.2, 0) is 0 Å². The fourth-order valence-corrected chi connectivity index (χ4v) is 2.78. The number of hydrogen-bond acceptors (Lipinski definition) is 2. The third-order valence-corrected chi connectivity index (χ3v) is 4.14. The molecule has 17 heavy (non-hydrogen) atoms. The van der Waals surface area contributed by atoms with Crippen LogP contribution < -0.4 is 10.6 Å². The predicted octanol–water partition coefficient (Wildman–Crippen LogP) is 3.71. The lowest BCUT2D eigenvalue weighted by Gasteiger charge is -2.32. The van der Waals surface area contributed by atoms with E-state index in [1.54, 1.807) is 0 Å². The van der Waals surface area contributed by atoms with Gasteiger partial charge in [0.25, 0.3) is 0 Å². The van der Waals surface area contributed by atoms with Crippen molar-refractivity contribution in [3.05, 3.63) is 28.2 Å². The first-order chi connectivity index (χ1) is 8.08. The summed E-state index contributed by atoms with van der Waals surface area (Å²) < 4.78 is 1.10. The number of rotatable bonds is 4. The van der Waals surface area contributed by atoms with Gasteiger partial charge in [0.2, 0.25) is 0 Å². The predicted molar refractivity (Wildman–Crippen MR) is 77.4 cm³/mol. The Morgan fingerprint density at radius 3 is 2.71 bits per heavy atom. The second-order valence-corrected chi connectivity index (χ2v) is 6.08. The average molecular weight is 297 g/mol. The van der Waals surface area contributed by atoms with Crippen LogP contribution in [0.15, 0.2) is 22.7 Å². The summed E-state index contributed by atoms with van der Waals surface area (Å²) in [6.45, 7) is 3.20. The van der Waals surface area contributed by atoms with Crippen molar-refractivity contribution in [2.45, 2.75) is 32.2 Å². The van der Waals surface area contributed by atoms with E-state index in [4.69, 9.17) is 5.73 Å². The number of nitrogens with zero attached hydrogens (tertiary/aromatic N) is 1. The van der Waals surface area contributed by atoms with Crippen LogP contribution in [0.25, 0.3) is 0 Å². The summed E-state index contributed by atoms with van der Waals surface area (Å²) in [5.41, 5.74) is 8.55. The van der Waals surface area contributed by atoms with Crippen LogP contribution in [0.2, 0.25) is 0 Å². The van der Waals surface area contributed by atoms with Crippen molar-refractivity contribution in [2.75, 3.05) is 18.5 Å². The van der Waals surface area contributed by atoms with Crippen LogP contribution in [-0.4, -0.2) is 13.6 Å². The molecule has 2 N–H and O–H groups in total. The molecule has 1 aromatic rings. The molecule has 1 saturated carbocycles. The first kappa shape index (κ1) is 12.9. The second kappa shape index (κ2) is 5.40. The minimum Gasteiger partial charge on any atom is -0.374 e. The number of nitrogens with two attached hydrogens (primary N) is 1. The molecule has 94 valence electrons. The molecule has 0 spiro atoms. The summed E-state index contributed by atoms with van der Waals surface area (Å²) in [5, 5.41) is 0. The number of anilines is 1. The van der Waals surface area contributed by atoms with E-state index in [-0.39, 0.29) is 6.04 Å². The molecular weight excluding hydrogens is 276 g/mol. The zero-order valence-electron chi connectivity index (χ0n) is 10.6. The van der Waals surface area contributed by atoms with Crippen molar-refractivity contribution in [3.63, 3.8) is 0 Å². The van der Waals surface area contributed by atoms with Gasteiger partial charge >= 0.3 is 0 Å². The van der Waals surface area contributed by atoms with Crippen molar-refractivity contribution in [1.29, 1.82) is 0 Å². The maximum atomic E-state index is 6.05.